The van der Waals surface area contributed by atoms with E-state index in [-0.39, 0.29) is 7.69 Å². The molecule has 4 nitrogen and oxygen atoms in total. The zero-order valence-corrected chi connectivity index (χ0v) is 9.65. The second-order valence-corrected chi connectivity index (χ2v) is 4.55. The molecule has 4 N–H and O–H groups in total. The average molecular weight is 205 g/mol. The van der Waals surface area contributed by atoms with Crippen LogP contribution in [0.5, 0.6) is 0 Å². The van der Waals surface area contributed by atoms with Gasteiger partial charge in [-0.3, -0.25) is 0 Å². The Morgan fingerprint density at radius 2 is 1.36 bits per heavy atom. The number of aliphatic hydroxyl groups is 2. The third kappa shape index (κ3) is 7.32. The van der Waals surface area contributed by atoms with Gasteiger partial charge in [0.05, 0.1) is 11.2 Å². The Morgan fingerprint density at radius 3 is 1.43 bits per heavy atom. The first kappa shape index (κ1) is 16.3. The first-order chi connectivity index (χ1) is 6.08. The SMILES string of the molecule is CC(C)CC(C)(O)C(C)(C)O.O[B]O. The minimum absolute atomic E-state index is 0. The fourth-order valence-corrected chi connectivity index (χ4v) is 1.04. The molecule has 5 heteroatoms. The lowest BCUT2D eigenvalue weighted by molar-refractivity contribution is -0.129. The highest BCUT2D eigenvalue weighted by Crippen LogP contribution is 2.27. The van der Waals surface area contributed by atoms with Crippen molar-refractivity contribution < 1.29 is 20.3 Å². The highest BCUT2D eigenvalue weighted by atomic mass is 16.4. The van der Waals surface area contributed by atoms with E-state index in [1.807, 2.05) is 13.8 Å². The molecule has 14 heavy (non-hydrogen) atoms. The Balaban J connectivity index is 0. The third-order valence-electron chi connectivity index (χ3n) is 2.12. The maximum Gasteiger partial charge on any atom is 0.482 e. The largest absolute Gasteiger partial charge is 0.482 e. The van der Waals surface area contributed by atoms with E-state index in [0.29, 0.717) is 12.3 Å². The van der Waals surface area contributed by atoms with Gasteiger partial charge in [-0.15, -0.1) is 0 Å². The average Bonchev–Trinajstić information content (AvgIpc) is 1.82. The zero-order chi connectivity index (χ0) is 12.0. The molecule has 0 saturated heterocycles. The molecule has 0 aromatic carbocycles. The summed E-state index contributed by atoms with van der Waals surface area (Å²) in [5.74, 6) is 0.399. The van der Waals surface area contributed by atoms with Gasteiger partial charge in [0.2, 0.25) is 0 Å². The van der Waals surface area contributed by atoms with Crippen molar-refractivity contribution >= 4 is 7.69 Å². The minimum Gasteiger partial charge on any atom is -0.429 e. The lowest BCUT2D eigenvalue weighted by Crippen LogP contribution is -2.48. The van der Waals surface area contributed by atoms with Gasteiger partial charge in [-0.05, 0) is 33.1 Å². The van der Waals surface area contributed by atoms with Gasteiger partial charge in [-0.25, -0.2) is 0 Å². The highest BCUT2D eigenvalue weighted by Gasteiger charge is 2.37. The Labute approximate surface area is 86.9 Å². The van der Waals surface area contributed by atoms with Crippen LogP contribution in [-0.2, 0) is 0 Å². The molecule has 85 valence electrons. The lowest BCUT2D eigenvalue weighted by atomic mass is 9.81. The zero-order valence-electron chi connectivity index (χ0n) is 9.65. The maximum atomic E-state index is 9.77. The van der Waals surface area contributed by atoms with Gasteiger partial charge in [0.15, 0.2) is 0 Å². The molecular formula is C9H22BO4. The van der Waals surface area contributed by atoms with Gasteiger partial charge < -0.3 is 20.3 Å². The molecule has 0 aliphatic carbocycles. The first-order valence-corrected chi connectivity index (χ1v) is 4.63. The molecule has 0 aromatic heterocycles. The van der Waals surface area contributed by atoms with Crippen molar-refractivity contribution in [1.82, 2.24) is 0 Å². The van der Waals surface area contributed by atoms with Crippen LogP contribution in [-0.4, -0.2) is 39.1 Å². The molecule has 1 atom stereocenters. The highest BCUT2D eigenvalue weighted by molar-refractivity contribution is 6.13. The molecule has 0 aliphatic rings. The summed E-state index contributed by atoms with van der Waals surface area (Å²) < 4.78 is 0. The van der Waals surface area contributed by atoms with Crippen molar-refractivity contribution in [2.24, 2.45) is 5.92 Å². The van der Waals surface area contributed by atoms with Crippen molar-refractivity contribution in [3.8, 4) is 0 Å². The van der Waals surface area contributed by atoms with E-state index >= 15 is 0 Å². The van der Waals surface area contributed by atoms with Crippen molar-refractivity contribution in [2.75, 3.05) is 0 Å². The van der Waals surface area contributed by atoms with Gasteiger partial charge >= 0.3 is 7.69 Å². The minimum atomic E-state index is -1.02. The van der Waals surface area contributed by atoms with Gasteiger partial charge in [-0.1, -0.05) is 13.8 Å². The number of rotatable bonds is 3. The molecule has 0 rings (SSSR count). The molecule has 0 fully saturated rings. The summed E-state index contributed by atoms with van der Waals surface area (Å²) >= 11 is 0. The van der Waals surface area contributed by atoms with Crippen LogP contribution in [0.25, 0.3) is 0 Å². The van der Waals surface area contributed by atoms with E-state index in [1.165, 1.54) is 0 Å². The van der Waals surface area contributed by atoms with E-state index in [1.54, 1.807) is 20.8 Å². The summed E-state index contributed by atoms with van der Waals surface area (Å²) in [5, 5.41) is 33.3. The normalized spacial score (nSPS) is 15.6. The summed E-state index contributed by atoms with van der Waals surface area (Å²) in [5.41, 5.74) is -2.00. The molecule has 0 bridgehead atoms. The topological polar surface area (TPSA) is 80.9 Å². The van der Waals surface area contributed by atoms with Crippen LogP contribution in [0, 0.1) is 5.92 Å². The fraction of sp³-hybridized carbons (Fsp3) is 1.00. The monoisotopic (exact) mass is 205 g/mol. The van der Waals surface area contributed by atoms with Crippen molar-refractivity contribution in [1.29, 1.82) is 0 Å². The molecular weight excluding hydrogens is 183 g/mol. The van der Waals surface area contributed by atoms with Crippen LogP contribution >= 0.6 is 0 Å². The van der Waals surface area contributed by atoms with Crippen LogP contribution in [0.1, 0.15) is 41.0 Å². The molecule has 0 amide bonds. The van der Waals surface area contributed by atoms with Crippen LogP contribution in [0.2, 0.25) is 0 Å². The van der Waals surface area contributed by atoms with Crippen LogP contribution in [0.4, 0.5) is 0 Å². The lowest BCUT2D eigenvalue weighted by Gasteiger charge is -2.36. The van der Waals surface area contributed by atoms with E-state index < -0.39 is 11.2 Å². The van der Waals surface area contributed by atoms with Crippen molar-refractivity contribution in [3.63, 3.8) is 0 Å². The second kappa shape index (κ2) is 6.40. The smallest absolute Gasteiger partial charge is 0.429 e. The predicted molar refractivity (Wildman–Crippen MR) is 56.6 cm³/mol. The maximum absolute atomic E-state index is 9.77. The van der Waals surface area contributed by atoms with Crippen LogP contribution in [0.15, 0.2) is 0 Å². The molecule has 1 unspecified atom stereocenters. The van der Waals surface area contributed by atoms with Crippen molar-refractivity contribution in [3.05, 3.63) is 0 Å². The van der Waals surface area contributed by atoms with E-state index in [0.717, 1.165) is 0 Å². The molecule has 0 aromatic rings. The number of hydrogen-bond donors (Lipinski definition) is 4. The van der Waals surface area contributed by atoms with E-state index in [2.05, 4.69) is 0 Å². The van der Waals surface area contributed by atoms with Gasteiger partial charge in [0.25, 0.3) is 0 Å². The van der Waals surface area contributed by atoms with Gasteiger partial charge in [0, 0.05) is 0 Å². The molecule has 0 spiro atoms. The Morgan fingerprint density at radius 1 is 1.07 bits per heavy atom. The van der Waals surface area contributed by atoms with Gasteiger partial charge in [-0.2, -0.15) is 0 Å². The summed E-state index contributed by atoms with van der Waals surface area (Å²) in [4.78, 5) is 0. The van der Waals surface area contributed by atoms with Crippen LogP contribution < -0.4 is 0 Å². The second-order valence-electron chi connectivity index (χ2n) is 4.55. The molecule has 0 aliphatic heterocycles. The standard InChI is InChI=1S/C9H20O2.BH2O2/c1-7(2)6-9(5,11)8(3,4)10;2-1-3/h7,10-11H,6H2,1-5H3;2-3H. The first-order valence-electron chi connectivity index (χ1n) is 4.63. The summed E-state index contributed by atoms with van der Waals surface area (Å²) in [6.45, 7) is 9.00. The Hall–Kier alpha value is -0.0951. The van der Waals surface area contributed by atoms with Crippen LogP contribution in [0.3, 0.4) is 0 Å². The quantitative estimate of drug-likeness (QED) is 0.491. The number of hydrogen-bond acceptors (Lipinski definition) is 4. The fourth-order valence-electron chi connectivity index (χ4n) is 1.04. The predicted octanol–water partition coefficient (Wildman–Crippen LogP) is 0.0596. The molecule has 1 radical (unpaired) electrons. The Kier molecular flexibility index (Phi) is 7.47. The Bertz CT molecular complexity index is 140. The van der Waals surface area contributed by atoms with Crippen molar-refractivity contribution in [2.45, 2.75) is 52.2 Å². The molecule has 0 heterocycles. The van der Waals surface area contributed by atoms with Gasteiger partial charge in [0.1, 0.15) is 0 Å². The summed E-state index contributed by atoms with van der Waals surface area (Å²) in [7, 11) is 0. The summed E-state index contributed by atoms with van der Waals surface area (Å²) in [6.07, 6.45) is 0.622. The summed E-state index contributed by atoms with van der Waals surface area (Å²) in [6, 6.07) is 0. The van der Waals surface area contributed by atoms with E-state index in [4.69, 9.17) is 10.0 Å². The molecule has 0 saturated carbocycles. The van der Waals surface area contributed by atoms with E-state index in [9.17, 15) is 10.2 Å². The third-order valence-corrected chi connectivity index (χ3v) is 2.12.